The Balaban J connectivity index is 2.56. The van der Waals surface area contributed by atoms with Crippen LogP contribution < -0.4 is 0 Å². The van der Waals surface area contributed by atoms with Gasteiger partial charge in [-0.3, -0.25) is 9.59 Å². The molecule has 6 heteroatoms. The molecular formula is C15H17NO5. The smallest absolute Gasteiger partial charge is 0.320 e. The summed E-state index contributed by atoms with van der Waals surface area (Å²) in [5, 5.41) is 29.4. The molecule has 3 N–H and O–H groups in total. The van der Waals surface area contributed by atoms with Crippen molar-refractivity contribution in [1.82, 2.24) is 4.90 Å². The minimum Gasteiger partial charge on any atom is -0.508 e. The van der Waals surface area contributed by atoms with Crippen LogP contribution in [0.15, 0.2) is 41.7 Å². The fourth-order valence-electron chi connectivity index (χ4n) is 2.62. The fourth-order valence-corrected chi connectivity index (χ4v) is 2.62. The highest BCUT2D eigenvalue weighted by Gasteiger charge is 2.46. The highest BCUT2D eigenvalue weighted by molar-refractivity contribution is 5.96. The quantitative estimate of drug-likeness (QED) is 0.772. The van der Waals surface area contributed by atoms with Gasteiger partial charge in [-0.1, -0.05) is 30.3 Å². The Labute approximate surface area is 121 Å². The van der Waals surface area contributed by atoms with Gasteiger partial charge in [-0.05, 0) is 19.4 Å². The predicted octanol–water partition coefficient (Wildman–Crippen LogP) is 1.24. The van der Waals surface area contributed by atoms with E-state index in [-0.39, 0.29) is 5.57 Å². The number of carboxylic acids is 1. The van der Waals surface area contributed by atoms with E-state index in [0.29, 0.717) is 5.56 Å². The molecule has 2 rings (SSSR count). The van der Waals surface area contributed by atoms with E-state index in [1.165, 1.54) is 18.7 Å². The van der Waals surface area contributed by atoms with E-state index in [1.54, 1.807) is 30.3 Å². The second-order valence-electron chi connectivity index (χ2n) is 5.00. The van der Waals surface area contributed by atoms with Crippen molar-refractivity contribution in [3.63, 3.8) is 0 Å². The van der Waals surface area contributed by atoms with Crippen LogP contribution in [0.2, 0.25) is 0 Å². The standard InChI is InChI=1S/C15H17NO5/c1-8(15(20)21)16-12(10-6-4-3-5-7-10)11(9(2)17)13(18)14(16)19/h3-8,12,14,18-19H,1-2H3,(H,20,21)/t8-,12-,14?/m0/s1. The number of Topliss-reactive ketones (excluding diaryl/α,β-unsaturated/α-hetero) is 1. The number of rotatable bonds is 4. The van der Waals surface area contributed by atoms with E-state index in [4.69, 9.17) is 0 Å². The third kappa shape index (κ3) is 2.55. The molecule has 1 aromatic rings. The number of aliphatic hydroxyl groups is 2. The largest absolute Gasteiger partial charge is 0.508 e. The molecule has 1 aliphatic heterocycles. The van der Waals surface area contributed by atoms with Gasteiger partial charge in [-0.25, -0.2) is 4.90 Å². The first-order chi connectivity index (χ1) is 9.86. The van der Waals surface area contributed by atoms with Crippen LogP contribution in [0.25, 0.3) is 0 Å². The van der Waals surface area contributed by atoms with Gasteiger partial charge in [-0.2, -0.15) is 0 Å². The molecule has 0 amide bonds. The van der Waals surface area contributed by atoms with E-state index < -0.39 is 35.8 Å². The molecule has 0 radical (unpaired) electrons. The molecule has 3 atom stereocenters. The van der Waals surface area contributed by atoms with E-state index in [0.717, 1.165) is 0 Å². The van der Waals surface area contributed by atoms with Crippen molar-refractivity contribution in [1.29, 1.82) is 0 Å². The number of carbonyl (C=O) groups is 2. The third-order valence-corrected chi connectivity index (χ3v) is 3.67. The minimum atomic E-state index is -1.51. The summed E-state index contributed by atoms with van der Waals surface area (Å²) in [5.74, 6) is -2.03. The molecule has 0 spiro atoms. The Morgan fingerprint density at radius 1 is 1.24 bits per heavy atom. The molecule has 1 aromatic carbocycles. The van der Waals surface area contributed by atoms with E-state index >= 15 is 0 Å². The molecule has 0 aromatic heterocycles. The lowest BCUT2D eigenvalue weighted by Crippen LogP contribution is -2.45. The van der Waals surface area contributed by atoms with Crippen molar-refractivity contribution < 1.29 is 24.9 Å². The average Bonchev–Trinajstić information content (AvgIpc) is 2.71. The molecule has 21 heavy (non-hydrogen) atoms. The molecule has 1 unspecified atom stereocenters. The van der Waals surface area contributed by atoms with Crippen molar-refractivity contribution in [2.75, 3.05) is 0 Å². The number of aliphatic carboxylic acids is 1. The summed E-state index contributed by atoms with van der Waals surface area (Å²) in [6, 6.07) is 6.88. The lowest BCUT2D eigenvalue weighted by atomic mass is 9.96. The molecule has 6 nitrogen and oxygen atoms in total. The fraction of sp³-hybridized carbons (Fsp3) is 0.333. The van der Waals surface area contributed by atoms with Crippen LogP contribution >= 0.6 is 0 Å². The lowest BCUT2D eigenvalue weighted by Gasteiger charge is -2.31. The van der Waals surface area contributed by atoms with E-state index in [1.807, 2.05) is 0 Å². The zero-order valence-corrected chi connectivity index (χ0v) is 11.7. The number of hydrogen-bond donors (Lipinski definition) is 3. The van der Waals surface area contributed by atoms with Gasteiger partial charge in [0, 0.05) is 0 Å². The number of nitrogens with zero attached hydrogens (tertiary/aromatic N) is 1. The monoisotopic (exact) mass is 291 g/mol. The van der Waals surface area contributed by atoms with Crippen LogP contribution in [0.4, 0.5) is 0 Å². The first-order valence-corrected chi connectivity index (χ1v) is 6.53. The number of benzene rings is 1. The zero-order valence-electron chi connectivity index (χ0n) is 11.7. The highest BCUT2D eigenvalue weighted by atomic mass is 16.4. The Bertz CT molecular complexity index is 595. The molecular weight excluding hydrogens is 274 g/mol. The van der Waals surface area contributed by atoms with Gasteiger partial charge in [0.2, 0.25) is 0 Å². The topological polar surface area (TPSA) is 98.1 Å². The predicted molar refractivity (Wildman–Crippen MR) is 74.5 cm³/mol. The molecule has 0 saturated heterocycles. The van der Waals surface area contributed by atoms with Gasteiger partial charge in [0.15, 0.2) is 12.0 Å². The molecule has 0 fully saturated rings. The van der Waals surface area contributed by atoms with Crippen LogP contribution in [-0.2, 0) is 9.59 Å². The van der Waals surface area contributed by atoms with Gasteiger partial charge in [0.1, 0.15) is 11.8 Å². The summed E-state index contributed by atoms with van der Waals surface area (Å²) in [6.07, 6.45) is -1.51. The van der Waals surface area contributed by atoms with Crippen molar-refractivity contribution in [3.05, 3.63) is 47.2 Å². The molecule has 0 bridgehead atoms. The lowest BCUT2D eigenvalue weighted by molar-refractivity contribution is -0.147. The van der Waals surface area contributed by atoms with Gasteiger partial charge >= 0.3 is 5.97 Å². The minimum absolute atomic E-state index is 0.0294. The Kier molecular flexibility index (Phi) is 4.11. The molecule has 112 valence electrons. The zero-order chi connectivity index (χ0) is 15.7. The maximum Gasteiger partial charge on any atom is 0.320 e. The summed E-state index contributed by atoms with van der Waals surface area (Å²) >= 11 is 0. The van der Waals surface area contributed by atoms with E-state index in [9.17, 15) is 24.9 Å². The molecule has 1 heterocycles. The molecule has 1 aliphatic rings. The van der Waals surface area contributed by atoms with Crippen molar-refractivity contribution >= 4 is 11.8 Å². The highest BCUT2D eigenvalue weighted by Crippen LogP contribution is 2.40. The normalized spacial score (nSPS) is 24.1. The van der Waals surface area contributed by atoms with Crippen LogP contribution in [0, 0.1) is 0 Å². The van der Waals surface area contributed by atoms with Crippen LogP contribution in [0.5, 0.6) is 0 Å². The Hall–Kier alpha value is -2.18. The van der Waals surface area contributed by atoms with Gasteiger partial charge in [0.05, 0.1) is 11.6 Å². The van der Waals surface area contributed by atoms with Crippen molar-refractivity contribution in [2.24, 2.45) is 0 Å². The van der Waals surface area contributed by atoms with Crippen molar-refractivity contribution in [2.45, 2.75) is 32.2 Å². The summed E-state index contributed by atoms with van der Waals surface area (Å²) < 4.78 is 0. The maximum absolute atomic E-state index is 11.8. The number of aliphatic hydroxyl groups excluding tert-OH is 2. The summed E-state index contributed by atoms with van der Waals surface area (Å²) in [6.45, 7) is 2.68. The Morgan fingerprint density at radius 2 is 1.81 bits per heavy atom. The maximum atomic E-state index is 11.8. The first-order valence-electron chi connectivity index (χ1n) is 6.53. The summed E-state index contributed by atoms with van der Waals surface area (Å²) in [4.78, 5) is 24.3. The third-order valence-electron chi connectivity index (χ3n) is 3.67. The first kappa shape index (κ1) is 15.2. The van der Waals surface area contributed by atoms with Crippen LogP contribution in [0.1, 0.15) is 25.5 Å². The number of ketones is 1. The van der Waals surface area contributed by atoms with Gasteiger partial charge in [-0.15, -0.1) is 0 Å². The second-order valence-corrected chi connectivity index (χ2v) is 5.00. The second kappa shape index (κ2) is 5.67. The van der Waals surface area contributed by atoms with Crippen LogP contribution in [0.3, 0.4) is 0 Å². The summed E-state index contributed by atoms with van der Waals surface area (Å²) in [7, 11) is 0. The van der Waals surface area contributed by atoms with Gasteiger partial charge in [0.25, 0.3) is 0 Å². The number of hydrogen-bond acceptors (Lipinski definition) is 5. The number of carbonyl (C=O) groups excluding carboxylic acids is 1. The van der Waals surface area contributed by atoms with Gasteiger partial charge < -0.3 is 15.3 Å². The van der Waals surface area contributed by atoms with E-state index in [2.05, 4.69) is 0 Å². The Morgan fingerprint density at radius 3 is 2.29 bits per heavy atom. The SMILES string of the molecule is CC(=O)C1=C(O)C(O)N([C@@H](C)C(=O)O)[C@H]1c1ccccc1. The molecule has 0 aliphatic carbocycles. The molecule has 0 saturated carbocycles. The summed E-state index contributed by atoms with van der Waals surface area (Å²) in [5.41, 5.74) is 0.667. The van der Waals surface area contributed by atoms with Crippen LogP contribution in [-0.4, -0.2) is 44.2 Å². The average molecular weight is 291 g/mol. The van der Waals surface area contributed by atoms with Crippen molar-refractivity contribution in [3.8, 4) is 0 Å². The number of carboxylic acid groups (broad SMARTS) is 1.